The number of nitrogens with one attached hydrogen (secondary N) is 1. The molecule has 2 fully saturated rings. The molecule has 14 nitrogen and oxygen atoms in total. The molecule has 0 aromatic heterocycles. The quantitative estimate of drug-likeness (QED) is 0.121. The Morgan fingerprint density at radius 2 is 1.68 bits per heavy atom. The Balaban J connectivity index is 2.22. The van der Waals surface area contributed by atoms with Gasteiger partial charge < -0.3 is 49.8 Å². The number of carbonyl (C=O) groups is 2. The molecule has 0 spiro atoms. The maximum atomic E-state index is 12.1. The van der Waals surface area contributed by atoms with Crippen LogP contribution in [-0.4, -0.2) is 144 Å². The highest BCUT2D eigenvalue weighted by atomic mass is 32.2. The van der Waals surface area contributed by atoms with Crippen LogP contribution in [0, 0.1) is 5.92 Å². The first-order valence-corrected chi connectivity index (χ1v) is 15.4. The molecular formula is C22H39NO13S2. The van der Waals surface area contributed by atoms with E-state index in [0.717, 1.165) is 0 Å². The van der Waals surface area contributed by atoms with E-state index in [4.69, 9.17) is 18.9 Å². The summed E-state index contributed by atoms with van der Waals surface area (Å²) in [6, 6.07) is -0.992. The van der Waals surface area contributed by atoms with Crippen LogP contribution >= 0.6 is 11.8 Å². The highest BCUT2D eigenvalue weighted by Crippen LogP contribution is 2.32. The molecule has 0 bridgehead atoms. The van der Waals surface area contributed by atoms with Crippen molar-refractivity contribution in [3.8, 4) is 0 Å². The summed E-state index contributed by atoms with van der Waals surface area (Å²) < 4.78 is 46.6. The fourth-order valence-electron chi connectivity index (χ4n) is 4.27. The molecule has 0 radical (unpaired) electrons. The molecule has 38 heavy (non-hydrogen) atoms. The number of carboxylic acid groups (broad SMARTS) is 1. The summed E-state index contributed by atoms with van der Waals surface area (Å²) in [7, 11) is -3.32. The lowest BCUT2D eigenvalue weighted by Gasteiger charge is -2.48. The van der Waals surface area contributed by atoms with E-state index >= 15 is 0 Å². The second-order valence-corrected chi connectivity index (χ2v) is 12.9. The van der Waals surface area contributed by atoms with Crippen LogP contribution in [0.2, 0.25) is 0 Å². The van der Waals surface area contributed by atoms with Gasteiger partial charge >= 0.3 is 5.97 Å². The third-order valence-electron chi connectivity index (χ3n) is 6.31. The molecule has 2 saturated heterocycles. The maximum Gasteiger partial charge on any atom is 0.335 e. The fraction of sp³-hybridized carbons (Fsp3) is 0.909. The lowest BCUT2D eigenvalue weighted by atomic mass is 9.87. The molecule has 0 aromatic carbocycles. The summed E-state index contributed by atoms with van der Waals surface area (Å²) in [6.07, 6.45) is -12.3. The summed E-state index contributed by atoms with van der Waals surface area (Å²) >= 11 is 1.41. The van der Waals surface area contributed by atoms with Crippen LogP contribution in [0.15, 0.2) is 0 Å². The second-order valence-electron chi connectivity index (χ2n) is 9.66. The third-order valence-corrected chi connectivity index (χ3v) is 8.79. The van der Waals surface area contributed by atoms with E-state index in [-0.39, 0.29) is 30.6 Å². The summed E-state index contributed by atoms with van der Waals surface area (Å²) in [4.78, 5) is 23.4. The minimum absolute atomic E-state index is 0.00537. The molecule has 6 N–H and O–H groups in total. The fourth-order valence-corrected chi connectivity index (χ4v) is 6.53. The first kappa shape index (κ1) is 33.1. The van der Waals surface area contributed by atoms with E-state index in [2.05, 4.69) is 5.32 Å². The van der Waals surface area contributed by atoms with Gasteiger partial charge in [-0.25, -0.2) is 13.2 Å². The Morgan fingerprint density at radius 1 is 1.03 bits per heavy atom. The number of hydrogen-bond donors (Lipinski definition) is 6. The smallest absolute Gasteiger partial charge is 0.335 e. The van der Waals surface area contributed by atoms with Gasteiger partial charge in [0.25, 0.3) is 0 Å². The van der Waals surface area contributed by atoms with Crippen LogP contribution < -0.4 is 5.32 Å². The summed E-state index contributed by atoms with van der Waals surface area (Å²) in [5, 5.41) is 53.6. The number of thioether (sulfide) groups is 1. The van der Waals surface area contributed by atoms with Crippen molar-refractivity contribution in [3.63, 3.8) is 0 Å². The Kier molecular flexibility index (Phi) is 12.7. The van der Waals surface area contributed by atoms with E-state index in [1.165, 1.54) is 18.7 Å². The SMILES string of the molecule is CSCCS(=O)(=O)CCOCC1OC(C(C)C)C(NC(C)=O)C(OC2OC(C(=O)O)C(O)C(O)C2O)C1O. The molecule has 2 rings (SSSR count). The van der Waals surface area contributed by atoms with E-state index in [1.807, 2.05) is 0 Å². The van der Waals surface area contributed by atoms with Gasteiger partial charge in [-0.3, -0.25) is 4.79 Å². The first-order valence-electron chi connectivity index (χ1n) is 12.2. The van der Waals surface area contributed by atoms with E-state index in [9.17, 15) is 43.5 Å². The van der Waals surface area contributed by atoms with Crippen molar-refractivity contribution in [2.75, 3.05) is 36.7 Å². The van der Waals surface area contributed by atoms with Crippen LogP contribution in [0.4, 0.5) is 0 Å². The van der Waals surface area contributed by atoms with Crippen molar-refractivity contribution in [2.24, 2.45) is 5.92 Å². The molecular weight excluding hydrogens is 550 g/mol. The van der Waals surface area contributed by atoms with E-state index < -0.39 is 82.9 Å². The zero-order valence-electron chi connectivity index (χ0n) is 21.7. The van der Waals surface area contributed by atoms with Gasteiger partial charge in [0.1, 0.15) is 36.6 Å². The Labute approximate surface area is 225 Å². The number of carbonyl (C=O) groups excluding carboxylic acids is 1. The molecule has 16 heteroatoms. The zero-order valence-corrected chi connectivity index (χ0v) is 23.3. The minimum Gasteiger partial charge on any atom is -0.479 e. The average molecular weight is 590 g/mol. The molecule has 2 aliphatic heterocycles. The maximum absolute atomic E-state index is 12.1. The molecule has 2 heterocycles. The average Bonchev–Trinajstić information content (AvgIpc) is 2.83. The number of amides is 1. The van der Waals surface area contributed by atoms with Crippen LogP contribution in [0.25, 0.3) is 0 Å². The standard InChI is InChI=1S/C22H39NO13S2/c1-10(2)18-13(23-11(3)24)19(35-22-17(28)15(26)16(27)20(36-22)21(29)30)14(25)12(34-18)9-33-5-7-38(31,32)8-6-37-4/h10,12-20,22,25-28H,5-9H2,1-4H3,(H,23,24)(H,29,30). The van der Waals surface area contributed by atoms with Gasteiger partial charge in [-0.2, -0.15) is 11.8 Å². The van der Waals surface area contributed by atoms with Gasteiger partial charge in [0.2, 0.25) is 5.91 Å². The topological polar surface area (TPSA) is 218 Å². The molecule has 222 valence electrons. The largest absolute Gasteiger partial charge is 0.479 e. The predicted molar refractivity (Wildman–Crippen MR) is 134 cm³/mol. The Morgan fingerprint density at radius 3 is 2.24 bits per heavy atom. The number of carboxylic acids is 1. The highest BCUT2D eigenvalue weighted by Gasteiger charge is 2.53. The van der Waals surface area contributed by atoms with Gasteiger partial charge in [0.15, 0.2) is 22.2 Å². The number of aliphatic carboxylic acids is 1. The number of aliphatic hydroxyl groups excluding tert-OH is 4. The number of aliphatic hydroxyl groups is 4. The second kappa shape index (κ2) is 14.5. The number of ether oxygens (including phenoxy) is 4. The number of sulfone groups is 1. The van der Waals surface area contributed by atoms with Crippen molar-refractivity contribution in [1.29, 1.82) is 0 Å². The summed E-state index contributed by atoms with van der Waals surface area (Å²) in [5.41, 5.74) is 0. The van der Waals surface area contributed by atoms with Crippen molar-refractivity contribution in [2.45, 2.75) is 81.9 Å². The Hall–Kier alpha value is -1.08. The minimum atomic E-state index is -3.32. The Bertz CT molecular complexity index is 888. The van der Waals surface area contributed by atoms with Crippen molar-refractivity contribution < 1.29 is 62.5 Å². The van der Waals surface area contributed by atoms with Gasteiger partial charge in [-0.1, -0.05) is 13.8 Å². The lowest BCUT2D eigenvalue weighted by Crippen LogP contribution is -2.68. The van der Waals surface area contributed by atoms with Gasteiger partial charge in [-0.05, 0) is 12.2 Å². The van der Waals surface area contributed by atoms with Crippen LogP contribution in [0.5, 0.6) is 0 Å². The van der Waals surface area contributed by atoms with Gasteiger partial charge in [0.05, 0.1) is 36.9 Å². The van der Waals surface area contributed by atoms with E-state index in [1.54, 1.807) is 20.1 Å². The molecule has 10 atom stereocenters. The molecule has 0 aliphatic carbocycles. The predicted octanol–water partition coefficient (Wildman–Crippen LogP) is -2.65. The molecule has 10 unspecified atom stereocenters. The normalized spacial score (nSPS) is 36.2. The van der Waals surface area contributed by atoms with Crippen molar-refractivity contribution in [1.82, 2.24) is 5.32 Å². The highest BCUT2D eigenvalue weighted by molar-refractivity contribution is 8.00. The van der Waals surface area contributed by atoms with Crippen molar-refractivity contribution in [3.05, 3.63) is 0 Å². The first-order chi connectivity index (χ1) is 17.7. The number of hydrogen-bond acceptors (Lipinski definition) is 13. The molecule has 1 amide bonds. The number of rotatable bonds is 13. The molecule has 0 aromatic rings. The monoisotopic (exact) mass is 589 g/mol. The van der Waals surface area contributed by atoms with Crippen LogP contribution in [0.1, 0.15) is 20.8 Å². The van der Waals surface area contributed by atoms with Crippen LogP contribution in [-0.2, 0) is 38.4 Å². The van der Waals surface area contributed by atoms with E-state index in [0.29, 0.717) is 5.75 Å². The summed E-state index contributed by atoms with van der Waals surface area (Å²) in [6.45, 7) is 4.43. The van der Waals surface area contributed by atoms with Gasteiger partial charge in [-0.15, -0.1) is 0 Å². The summed E-state index contributed by atoms with van der Waals surface area (Å²) in [5.74, 6) is -2.10. The third kappa shape index (κ3) is 8.71. The molecule has 2 aliphatic rings. The zero-order chi connectivity index (χ0) is 28.8. The van der Waals surface area contributed by atoms with Crippen molar-refractivity contribution >= 4 is 33.5 Å². The molecule has 0 saturated carbocycles. The lowest BCUT2D eigenvalue weighted by molar-refractivity contribution is -0.327. The van der Waals surface area contributed by atoms with Gasteiger partial charge in [0, 0.05) is 12.7 Å². The van der Waals surface area contributed by atoms with Crippen LogP contribution in [0.3, 0.4) is 0 Å².